The molecule has 1 aromatic heterocycles. The van der Waals surface area contributed by atoms with Gasteiger partial charge in [-0.3, -0.25) is 8.78 Å². The number of fused-ring (bicyclic) bond motifs is 1. The molecular weight excluding hydrogens is 289 g/mol. The predicted octanol–water partition coefficient (Wildman–Crippen LogP) is -0.722. The fourth-order valence-electron chi connectivity index (χ4n) is 1.40. The average Bonchev–Trinajstić information content (AvgIpc) is 2.55. The van der Waals surface area contributed by atoms with Crippen molar-refractivity contribution < 1.29 is 43.1 Å². The zero-order valence-electron chi connectivity index (χ0n) is 9.34. The van der Waals surface area contributed by atoms with Crippen LogP contribution in [0.25, 0.3) is 10.2 Å². The molecule has 0 amide bonds. The molecule has 0 N–H and O–H groups in total. The molecule has 8 heteroatoms. The van der Waals surface area contributed by atoms with Crippen LogP contribution < -0.4 is 29.6 Å². The molecule has 1 unspecified atom stereocenters. The maximum Gasteiger partial charge on any atom is 1.00 e. The van der Waals surface area contributed by atoms with Crippen LogP contribution in [0, 0.1) is 3.95 Å². The molecule has 1 heterocycles. The summed E-state index contributed by atoms with van der Waals surface area (Å²) in [6.45, 7) is 0.374. The Bertz CT molecular complexity index is 607. The molecule has 86 valence electrons. The number of rotatable bonds is 3. The Hall–Kier alpha value is 0.400. The van der Waals surface area contributed by atoms with Crippen molar-refractivity contribution in [3.63, 3.8) is 0 Å². The Balaban J connectivity index is 0.00000144. The molecule has 1 atom stereocenters. The molecule has 2 rings (SSSR count). The van der Waals surface area contributed by atoms with Crippen LogP contribution in [0.1, 0.15) is 0 Å². The molecule has 0 saturated carbocycles. The summed E-state index contributed by atoms with van der Waals surface area (Å²) in [6.07, 6.45) is 0. The molecule has 0 aliphatic rings. The molecule has 0 saturated heterocycles. The topological polar surface area (TPSA) is 54.3 Å². The van der Waals surface area contributed by atoms with E-state index in [9.17, 15) is 8.76 Å². The van der Waals surface area contributed by atoms with Gasteiger partial charge in [-0.05, 0) is 41.5 Å². The van der Waals surface area contributed by atoms with Crippen molar-refractivity contribution >= 4 is 44.9 Å². The minimum atomic E-state index is -2.20. The van der Waals surface area contributed by atoms with E-state index in [1.54, 1.807) is 25.3 Å². The number of nitrogens with zero attached hydrogens (tertiary/aromatic N) is 1. The van der Waals surface area contributed by atoms with Crippen molar-refractivity contribution in [3.8, 4) is 0 Å². The van der Waals surface area contributed by atoms with Gasteiger partial charge in [0, 0.05) is 12.0 Å². The maximum absolute atomic E-state index is 10.8. The Morgan fingerprint density at radius 2 is 2.29 bits per heavy atom. The van der Waals surface area contributed by atoms with Gasteiger partial charge in [-0.2, -0.15) is 0 Å². The molecule has 0 radical (unpaired) electrons. The minimum Gasteiger partial charge on any atom is -0.768 e. The number of benzene rings is 1. The largest absolute Gasteiger partial charge is 1.00 e. The SMILES string of the molecule is COCn1c(=S)sc2cc(S(=O)[O-])ccc21.[Na+]. The quantitative estimate of drug-likeness (QED) is 0.426. The molecule has 0 bridgehead atoms. The van der Waals surface area contributed by atoms with Gasteiger partial charge in [-0.1, -0.05) is 0 Å². The second kappa shape index (κ2) is 6.53. The second-order valence-corrected chi connectivity index (χ2v) is 5.69. The summed E-state index contributed by atoms with van der Waals surface area (Å²) in [5.74, 6) is 0. The maximum atomic E-state index is 10.8. The molecule has 0 spiro atoms. The zero-order chi connectivity index (χ0) is 11.7. The van der Waals surface area contributed by atoms with Crippen molar-refractivity contribution in [2.24, 2.45) is 0 Å². The molecular formula is C9H8NNaO3S3. The van der Waals surface area contributed by atoms with E-state index < -0.39 is 11.1 Å². The molecule has 0 aliphatic carbocycles. The Labute approximate surface area is 132 Å². The third kappa shape index (κ3) is 3.24. The van der Waals surface area contributed by atoms with Gasteiger partial charge in [0.1, 0.15) is 6.73 Å². The van der Waals surface area contributed by atoms with Crippen molar-refractivity contribution in [2.45, 2.75) is 11.6 Å². The van der Waals surface area contributed by atoms with Crippen molar-refractivity contribution in [3.05, 3.63) is 22.2 Å². The first-order valence-electron chi connectivity index (χ1n) is 4.35. The van der Waals surface area contributed by atoms with Crippen LogP contribution in [0.4, 0.5) is 0 Å². The van der Waals surface area contributed by atoms with Crippen LogP contribution in [-0.4, -0.2) is 20.4 Å². The Morgan fingerprint density at radius 3 is 2.88 bits per heavy atom. The van der Waals surface area contributed by atoms with E-state index in [1.807, 2.05) is 4.57 Å². The van der Waals surface area contributed by atoms with Gasteiger partial charge < -0.3 is 9.29 Å². The first kappa shape index (κ1) is 15.5. The Kier molecular flexibility index (Phi) is 5.94. The standard InChI is InChI=1S/C9H9NO3S3.Na/c1-13-5-10-7-3-2-6(16(11)12)4-8(7)15-9(10)14;/h2-4H,5H2,1H3,(H,11,12);/q;+1/p-1. The third-order valence-electron chi connectivity index (χ3n) is 2.09. The van der Waals surface area contributed by atoms with E-state index >= 15 is 0 Å². The summed E-state index contributed by atoms with van der Waals surface area (Å²) in [5, 5.41) is 0. The monoisotopic (exact) mass is 297 g/mol. The number of ether oxygens (including phenoxy) is 1. The van der Waals surface area contributed by atoms with E-state index in [0.717, 1.165) is 10.2 Å². The number of aromatic nitrogens is 1. The molecule has 1 aromatic carbocycles. The van der Waals surface area contributed by atoms with Gasteiger partial charge in [-0.25, -0.2) is 0 Å². The number of hydrogen-bond acceptors (Lipinski definition) is 5. The van der Waals surface area contributed by atoms with Gasteiger partial charge in [0.05, 0.1) is 10.2 Å². The second-order valence-electron chi connectivity index (χ2n) is 3.08. The average molecular weight is 297 g/mol. The first-order chi connectivity index (χ1) is 7.63. The van der Waals surface area contributed by atoms with Crippen LogP contribution in [0.15, 0.2) is 23.1 Å². The van der Waals surface area contributed by atoms with Crippen molar-refractivity contribution in [1.82, 2.24) is 4.57 Å². The fraction of sp³-hybridized carbons (Fsp3) is 0.222. The van der Waals surface area contributed by atoms with Crippen LogP contribution >= 0.6 is 23.6 Å². The number of thiazole rings is 1. The number of methoxy groups -OCH3 is 1. The molecule has 4 nitrogen and oxygen atoms in total. The number of hydrogen-bond donors (Lipinski definition) is 0. The summed E-state index contributed by atoms with van der Waals surface area (Å²) < 4.78 is 30.0. The molecule has 0 fully saturated rings. The summed E-state index contributed by atoms with van der Waals surface area (Å²) in [6, 6.07) is 4.91. The van der Waals surface area contributed by atoms with E-state index in [4.69, 9.17) is 17.0 Å². The van der Waals surface area contributed by atoms with E-state index in [-0.39, 0.29) is 34.5 Å². The summed E-state index contributed by atoms with van der Waals surface area (Å²) in [4.78, 5) is 0.272. The predicted molar refractivity (Wildman–Crippen MR) is 64.8 cm³/mol. The summed E-state index contributed by atoms with van der Waals surface area (Å²) in [7, 11) is 1.59. The van der Waals surface area contributed by atoms with Gasteiger partial charge in [-0.15, -0.1) is 11.3 Å². The van der Waals surface area contributed by atoms with Gasteiger partial charge in [0.25, 0.3) is 0 Å². The van der Waals surface area contributed by atoms with Crippen LogP contribution in [0.5, 0.6) is 0 Å². The molecule has 0 aliphatic heterocycles. The van der Waals surface area contributed by atoms with Crippen molar-refractivity contribution in [2.75, 3.05) is 7.11 Å². The minimum absolute atomic E-state index is 0. The van der Waals surface area contributed by atoms with Crippen LogP contribution in [0.2, 0.25) is 0 Å². The Morgan fingerprint density at radius 1 is 1.59 bits per heavy atom. The molecule has 2 aromatic rings. The summed E-state index contributed by atoms with van der Waals surface area (Å²) in [5.41, 5.74) is 0.894. The summed E-state index contributed by atoms with van der Waals surface area (Å²) >= 11 is 4.35. The van der Waals surface area contributed by atoms with E-state index in [1.165, 1.54) is 11.3 Å². The van der Waals surface area contributed by atoms with E-state index in [2.05, 4.69) is 0 Å². The fourth-order valence-corrected chi connectivity index (χ4v) is 3.21. The molecule has 17 heavy (non-hydrogen) atoms. The van der Waals surface area contributed by atoms with Crippen LogP contribution in [-0.2, 0) is 22.5 Å². The van der Waals surface area contributed by atoms with Gasteiger partial charge >= 0.3 is 29.6 Å². The normalized spacial score (nSPS) is 12.4. The van der Waals surface area contributed by atoms with Crippen molar-refractivity contribution in [1.29, 1.82) is 0 Å². The zero-order valence-corrected chi connectivity index (χ0v) is 13.8. The van der Waals surface area contributed by atoms with Gasteiger partial charge in [0.2, 0.25) is 0 Å². The van der Waals surface area contributed by atoms with Crippen LogP contribution in [0.3, 0.4) is 0 Å². The van der Waals surface area contributed by atoms with Gasteiger partial charge in [0.15, 0.2) is 3.95 Å². The van der Waals surface area contributed by atoms with E-state index in [0.29, 0.717) is 10.7 Å². The smallest absolute Gasteiger partial charge is 0.768 e. The third-order valence-corrected chi connectivity index (χ3v) is 4.14. The first-order valence-corrected chi connectivity index (χ1v) is 6.65.